The Bertz CT molecular complexity index is 496. The predicted octanol–water partition coefficient (Wildman–Crippen LogP) is 3.30. The molecule has 2 rings (SSSR count). The third-order valence-electron chi connectivity index (χ3n) is 2.30. The first kappa shape index (κ1) is 11.2. The number of anilines is 2. The molecule has 84 valence electrons. The number of halogens is 1. The van der Waals surface area contributed by atoms with Crippen LogP contribution in [-0.2, 0) is 6.54 Å². The van der Waals surface area contributed by atoms with Gasteiger partial charge in [0, 0.05) is 16.1 Å². The van der Waals surface area contributed by atoms with Gasteiger partial charge in [-0.15, -0.1) is 11.3 Å². The van der Waals surface area contributed by atoms with E-state index in [0.717, 1.165) is 22.0 Å². The number of nitrogens with two attached hydrogens (primary N) is 1. The van der Waals surface area contributed by atoms with E-state index in [0.29, 0.717) is 11.7 Å². The first-order valence-electron chi connectivity index (χ1n) is 4.85. The van der Waals surface area contributed by atoms with Crippen LogP contribution in [0.15, 0.2) is 23.6 Å². The maximum atomic E-state index is 6.03. The molecule has 2 aromatic rings. The second kappa shape index (κ2) is 4.72. The van der Waals surface area contributed by atoms with E-state index in [1.54, 1.807) is 0 Å². The lowest BCUT2D eigenvalue weighted by Crippen LogP contribution is -2.01. The maximum absolute atomic E-state index is 6.03. The van der Waals surface area contributed by atoms with Crippen LogP contribution in [0.5, 0.6) is 0 Å². The Balaban J connectivity index is 2.07. The summed E-state index contributed by atoms with van der Waals surface area (Å²) in [5, 5.41) is 6.60. The fourth-order valence-corrected chi connectivity index (χ4v) is 2.13. The van der Waals surface area contributed by atoms with Crippen LogP contribution in [0.2, 0.25) is 5.02 Å². The van der Waals surface area contributed by atoms with Gasteiger partial charge in [0.15, 0.2) is 5.13 Å². The van der Waals surface area contributed by atoms with Crippen LogP contribution in [0, 0.1) is 6.92 Å². The van der Waals surface area contributed by atoms with Gasteiger partial charge in [0.2, 0.25) is 0 Å². The molecule has 0 atom stereocenters. The minimum Gasteiger partial charge on any atom is -0.379 e. The van der Waals surface area contributed by atoms with Crippen LogP contribution in [0.1, 0.15) is 11.3 Å². The third-order valence-corrected chi connectivity index (χ3v) is 3.43. The van der Waals surface area contributed by atoms with Gasteiger partial charge in [0.05, 0.1) is 12.2 Å². The zero-order chi connectivity index (χ0) is 11.5. The summed E-state index contributed by atoms with van der Waals surface area (Å²) in [6.45, 7) is 2.65. The van der Waals surface area contributed by atoms with Gasteiger partial charge in [-0.3, -0.25) is 0 Å². The molecule has 0 spiro atoms. The molecular weight excluding hydrogens is 242 g/mol. The van der Waals surface area contributed by atoms with Gasteiger partial charge in [0.1, 0.15) is 0 Å². The van der Waals surface area contributed by atoms with Crippen molar-refractivity contribution < 1.29 is 0 Å². The van der Waals surface area contributed by atoms with E-state index in [2.05, 4.69) is 10.3 Å². The molecule has 1 aromatic heterocycles. The Kier molecular flexibility index (Phi) is 3.31. The van der Waals surface area contributed by atoms with Crippen molar-refractivity contribution >= 4 is 33.8 Å². The van der Waals surface area contributed by atoms with Gasteiger partial charge < -0.3 is 11.1 Å². The molecule has 1 heterocycles. The SMILES string of the molecule is Cc1c(Cl)cccc1NCc1csc(N)n1. The van der Waals surface area contributed by atoms with Crippen molar-refractivity contribution in [1.82, 2.24) is 4.98 Å². The summed E-state index contributed by atoms with van der Waals surface area (Å²) in [4.78, 5) is 4.18. The largest absolute Gasteiger partial charge is 0.379 e. The average molecular weight is 254 g/mol. The predicted molar refractivity (Wildman–Crippen MR) is 70.0 cm³/mol. The summed E-state index contributed by atoms with van der Waals surface area (Å²) in [6, 6.07) is 5.80. The number of nitrogens with one attached hydrogen (secondary N) is 1. The summed E-state index contributed by atoms with van der Waals surface area (Å²) in [5.74, 6) is 0. The van der Waals surface area contributed by atoms with Gasteiger partial charge in [-0.2, -0.15) is 0 Å². The number of nitrogens with zero attached hydrogens (tertiary/aromatic N) is 1. The molecule has 5 heteroatoms. The number of hydrogen-bond acceptors (Lipinski definition) is 4. The minimum atomic E-state index is 0.597. The normalized spacial score (nSPS) is 10.4. The number of rotatable bonds is 3. The topological polar surface area (TPSA) is 50.9 Å². The first-order chi connectivity index (χ1) is 7.66. The fourth-order valence-electron chi connectivity index (χ4n) is 1.39. The van der Waals surface area contributed by atoms with E-state index in [9.17, 15) is 0 Å². The molecule has 0 radical (unpaired) electrons. The highest BCUT2D eigenvalue weighted by atomic mass is 35.5. The lowest BCUT2D eigenvalue weighted by molar-refractivity contribution is 1.07. The number of aromatic nitrogens is 1. The van der Waals surface area contributed by atoms with Gasteiger partial charge in [-0.25, -0.2) is 4.98 Å². The monoisotopic (exact) mass is 253 g/mol. The molecule has 3 nitrogen and oxygen atoms in total. The average Bonchev–Trinajstić information content (AvgIpc) is 2.67. The van der Waals surface area contributed by atoms with Gasteiger partial charge in [0.25, 0.3) is 0 Å². The zero-order valence-corrected chi connectivity index (χ0v) is 10.4. The molecule has 16 heavy (non-hydrogen) atoms. The molecule has 0 saturated carbocycles. The lowest BCUT2D eigenvalue weighted by Gasteiger charge is -2.08. The molecule has 0 aliphatic rings. The number of thiazole rings is 1. The Hall–Kier alpha value is -1.26. The first-order valence-corrected chi connectivity index (χ1v) is 6.11. The summed E-state index contributed by atoms with van der Waals surface area (Å²) in [6.07, 6.45) is 0. The second-order valence-corrected chi connectivity index (χ2v) is 4.74. The van der Waals surface area contributed by atoms with Crippen molar-refractivity contribution in [2.24, 2.45) is 0 Å². The van der Waals surface area contributed by atoms with Crippen LogP contribution in [0.4, 0.5) is 10.8 Å². The van der Waals surface area contributed by atoms with E-state index in [1.165, 1.54) is 11.3 Å². The fraction of sp³-hybridized carbons (Fsp3) is 0.182. The van der Waals surface area contributed by atoms with E-state index < -0.39 is 0 Å². The Labute approximate surface area is 103 Å². The maximum Gasteiger partial charge on any atom is 0.180 e. The molecule has 0 unspecified atom stereocenters. The second-order valence-electron chi connectivity index (χ2n) is 3.44. The van der Waals surface area contributed by atoms with Crippen molar-refractivity contribution in [1.29, 1.82) is 0 Å². The van der Waals surface area contributed by atoms with E-state index >= 15 is 0 Å². The van der Waals surface area contributed by atoms with Crippen molar-refractivity contribution in [2.75, 3.05) is 11.1 Å². The lowest BCUT2D eigenvalue weighted by atomic mass is 10.2. The highest BCUT2D eigenvalue weighted by Crippen LogP contribution is 2.23. The molecule has 3 N–H and O–H groups in total. The number of hydrogen-bond donors (Lipinski definition) is 2. The zero-order valence-electron chi connectivity index (χ0n) is 8.83. The third kappa shape index (κ3) is 2.46. The van der Waals surface area contributed by atoms with Crippen LogP contribution < -0.4 is 11.1 Å². The molecular formula is C11H12ClN3S. The van der Waals surface area contributed by atoms with Crippen molar-refractivity contribution in [3.05, 3.63) is 39.9 Å². The molecule has 0 aliphatic heterocycles. The van der Waals surface area contributed by atoms with Crippen LogP contribution >= 0.6 is 22.9 Å². The minimum absolute atomic E-state index is 0.597. The van der Waals surface area contributed by atoms with Gasteiger partial charge in [-0.05, 0) is 24.6 Å². The number of nitrogen functional groups attached to an aromatic ring is 1. The number of benzene rings is 1. The van der Waals surface area contributed by atoms with Crippen molar-refractivity contribution in [3.8, 4) is 0 Å². The molecule has 0 aliphatic carbocycles. The quantitative estimate of drug-likeness (QED) is 0.883. The molecule has 0 saturated heterocycles. The van der Waals surface area contributed by atoms with E-state index in [4.69, 9.17) is 17.3 Å². The smallest absolute Gasteiger partial charge is 0.180 e. The van der Waals surface area contributed by atoms with Gasteiger partial charge in [-0.1, -0.05) is 17.7 Å². The van der Waals surface area contributed by atoms with Crippen LogP contribution in [0.25, 0.3) is 0 Å². The summed E-state index contributed by atoms with van der Waals surface area (Å²) >= 11 is 7.47. The highest BCUT2D eigenvalue weighted by molar-refractivity contribution is 7.13. The summed E-state index contributed by atoms with van der Waals surface area (Å²) < 4.78 is 0. The van der Waals surface area contributed by atoms with Crippen molar-refractivity contribution in [3.63, 3.8) is 0 Å². The van der Waals surface area contributed by atoms with E-state index in [1.807, 2.05) is 30.5 Å². The Morgan fingerprint density at radius 2 is 2.31 bits per heavy atom. The molecule has 0 amide bonds. The van der Waals surface area contributed by atoms with Crippen LogP contribution in [-0.4, -0.2) is 4.98 Å². The Morgan fingerprint density at radius 3 is 3.00 bits per heavy atom. The summed E-state index contributed by atoms with van der Waals surface area (Å²) in [7, 11) is 0. The van der Waals surface area contributed by atoms with Crippen LogP contribution in [0.3, 0.4) is 0 Å². The van der Waals surface area contributed by atoms with E-state index in [-0.39, 0.29) is 0 Å². The molecule has 0 bridgehead atoms. The summed E-state index contributed by atoms with van der Waals surface area (Å²) in [5.41, 5.74) is 8.58. The molecule has 1 aromatic carbocycles. The highest BCUT2D eigenvalue weighted by Gasteiger charge is 2.03. The standard InChI is InChI=1S/C11H12ClN3S/c1-7-9(12)3-2-4-10(7)14-5-8-6-16-11(13)15-8/h2-4,6,14H,5H2,1H3,(H2,13,15). The van der Waals surface area contributed by atoms with Gasteiger partial charge >= 0.3 is 0 Å². The van der Waals surface area contributed by atoms with Crippen molar-refractivity contribution in [2.45, 2.75) is 13.5 Å². The molecule has 0 fully saturated rings. The Morgan fingerprint density at radius 1 is 1.50 bits per heavy atom.